The Balaban J connectivity index is 2.07. The quantitative estimate of drug-likeness (QED) is 0.708. The van der Waals surface area contributed by atoms with Gasteiger partial charge in [0, 0.05) is 29.8 Å². The van der Waals surface area contributed by atoms with Crippen molar-refractivity contribution in [3.05, 3.63) is 64.2 Å². The fourth-order valence-electron chi connectivity index (χ4n) is 3.87. The Labute approximate surface area is 179 Å². The highest BCUT2D eigenvalue weighted by Crippen LogP contribution is 2.34. The highest BCUT2D eigenvalue weighted by molar-refractivity contribution is 7.89. The molecule has 0 aromatic heterocycles. The van der Waals surface area contributed by atoms with E-state index >= 15 is 0 Å². The molecule has 30 heavy (non-hydrogen) atoms. The third-order valence-corrected chi connectivity index (χ3v) is 7.61. The van der Waals surface area contributed by atoms with Gasteiger partial charge in [-0.1, -0.05) is 24.4 Å². The van der Waals surface area contributed by atoms with E-state index < -0.39 is 39.8 Å². The summed E-state index contributed by atoms with van der Waals surface area (Å²) in [6.45, 7) is -0.623. The van der Waals surface area contributed by atoms with E-state index in [9.17, 15) is 22.3 Å². The molecule has 1 fully saturated rings. The molecule has 0 aliphatic heterocycles. The van der Waals surface area contributed by atoms with Gasteiger partial charge in [-0.2, -0.15) is 9.57 Å². The molecule has 1 aliphatic rings. The predicted octanol–water partition coefficient (Wildman–Crippen LogP) is 4.23. The summed E-state index contributed by atoms with van der Waals surface area (Å²) in [7, 11) is -4.09. The van der Waals surface area contributed by atoms with Crippen molar-refractivity contribution in [1.82, 2.24) is 4.31 Å². The Morgan fingerprint density at radius 1 is 1.13 bits per heavy atom. The van der Waals surface area contributed by atoms with Gasteiger partial charge in [0.2, 0.25) is 10.0 Å². The second-order valence-corrected chi connectivity index (χ2v) is 9.66. The van der Waals surface area contributed by atoms with Crippen LogP contribution < -0.4 is 0 Å². The van der Waals surface area contributed by atoms with Gasteiger partial charge in [0.1, 0.15) is 17.7 Å². The number of aliphatic hydroxyl groups excluding tert-OH is 1. The number of rotatable bonds is 6. The van der Waals surface area contributed by atoms with Crippen LogP contribution in [0.1, 0.15) is 36.8 Å². The zero-order chi connectivity index (χ0) is 21.9. The topological polar surface area (TPSA) is 81.4 Å². The van der Waals surface area contributed by atoms with Gasteiger partial charge in [-0.15, -0.1) is 0 Å². The first-order chi connectivity index (χ1) is 14.3. The van der Waals surface area contributed by atoms with Crippen LogP contribution in [-0.4, -0.2) is 30.5 Å². The zero-order valence-electron chi connectivity index (χ0n) is 16.1. The van der Waals surface area contributed by atoms with Crippen LogP contribution in [0, 0.1) is 28.9 Å². The molecule has 160 valence electrons. The van der Waals surface area contributed by atoms with Crippen LogP contribution in [0.25, 0.3) is 0 Å². The molecule has 0 spiro atoms. The lowest BCUT2D eigenvalue weighted by atomic mass is 9.85. The predicted molar refractivity (Wildman–Crippen MR) is 108 cm³/mol. The summed E-state index contributed by atoms with van der Waals surface area (Å²) in [6.07, 6.45) is 2.75. The maximum Gasteiger partial charge on any atom is 0.243 e. The number of nitriles is 1. The van der Waals surface area contributed by atoms with E-state index in [0.717, 1.165) is 29.3 Å². The summed E-state index contributed by atoms with van der Waals surface area (Å²) in [5.41, 5.74) is -0.624. The van der Waals surface area contributed by atoms with Crippen molar-refractivity contribution >= 4 is 21.6 Å². The smallest absolute Gasteiger partial charge is 0.243 e. The second kappa shape index (κ2) is 9.40. The van der Waals surface area contributed by atoms with Gasteiger partial charge >= 0.3 is 0 Å². The van der Waals surface area contributed by atoms with E-state index in [1.165, 1.54) is 24.3 Å². The lowest BCUT2D eigenvalue weighted by Crippen LogP contribution is -2.46. The molecule has 0 saturated heterocycles. The summed E-state index contributed by atoms with van der Waals surface area (Å²) in [6, 6.07) is 8.22. The van der Waals surface area contributed by atoms with E-state index in [4.69, 9.17) is 16.9 Å². The maximum absolute atomic E-state index is 14.6. The second-order valence-electron chi connectivity index (χ2n) is 7.33. The average Bonchev–Trinajstić information content (AvgIpc) is 2.74. The number of sulfonamides is 1. The number of hydrogen-bond donors (Lipinski definition) is 1. The molecule has 0 unspecified atom stereocenters. The zero-order valence-corrected chi connectivity index (χ0v) is 17.6. The summed E-state index contributed by atoms with van der Waals surface area (Å²) in [4.78, 5) is -0.0244. The fraction of sp³-hybridized carbons (Fsp3) is 0.381. The third-order valence-electron chi connectivity index (χ3n) is 5.48. The summed E-state index contributed by atoms with van der Waals surface area (Å²) >= 11 is 5.87. The van der Waals surface area contributed by atoms with Crippen molar-refractivity contribution in [1.29, 1.82) is 5.26 Å². The number of hydrogen-bond acceptors (Lipinski definition) is 4. The molecule has 0 heterocycles. The number of halogens is 3. The standard InChI is InChI=1S/C21H21ClF2N2O3S/c22-17-5-7-18(8-6-17)30(28,29)26(21-4-2-1-3-14(21)13-27)12-16-10-19(23)15(11-25)9-20(16)24/h5-10,14,21,27H,1-4,12-13H2/t14-,21+/m1/s1. The normalized spacial score (nSPS) is 19.6. The largest absolute Gasteiger partial charge is 0.396 e. The highest BCUT2D eigenvalue weighted by Gasteiger charge is 2.38. The Kier molecular flexibility index (Phi) is 7.09. The molecule has 2 aromatic carbocycles. The minimum absolute atomic E-state index is 0.0244. The van der Waals surface area contributed by atoms with E-state index in [0.29, 0.717) is 17.9 Å². The SMILES string of the molecule is N#Cc1cc(F)c(CN([C@H]2CCCC[C@@H]2CO)S(=O)(=O)c2ccc(Cl)cc2)cc1F. The van der Waals surface area contributed by atoms with Crippen LogP contribution >= 0.6 is 11.6 Å². The van der Waals surface area contributed by atoms with Crippen LogP contribution in [0.3, 0.4) is 0 Å². The van der Waals surface area contributed by atoms with Crippen molar-refractivity contribution in [2.24, 2.45) is 5.92 Å². The first-order valence-electron chi connectivity index (χ1n) is 9.54. The molecule has 0 bridgehead atoms. The molecule has 1 aliphatic carbocycles. The van der Waals surface area contributed by atoms with Gasteiger partial charge in [-0.3, -0.25) is 0 Å². The molecule has 1 saturated carbocycles. The van der Waals surface area contributed by atoms with Crippen LogP contribution in [0.4, 0.5) is 8.78 Å². The maximum atomic E-state index is 14.6. The average molecular weight is 455 g/mol. The Hall–Kier alpha value is -2.05. The van der Waals surface area contributed by atoms with Crippen LogP contribution in [0.2, 0.25) is 5.02 Å². The Morgan fingerprint density at radius 2 is 1.80 bits per heavy atom. The van der Waals surface area contributed by atoms with Gasteiger partial charge in [0.25, 0.3) is 0 Å². The van der Waals surface area contributed by atoms with Crippen LogP contribution in [-0.2, 0) is 16.6 Å². The van der Waals surface area contributed by atoms with E-state index in [1.54, 1.807) is 6.07 Å². The highest BCUT2D eigenvalue weighted by atomic mass is 35.5. The molecule has 0 radical (unpaired) electrons. The number of nitrogens with zero attached hydrogens (tertiary/aromatic N) is 2. The molecular weight excluding hydrogens is 434 g/mol. The van der Waals surface area contributed by atoms with Gasteiger partial charge in [0.05, 0.1) is 10.5 Å². The number of aliphatic hydroxyl groups is 1. The number of benzene rings is 2. The van der Waals surface area contributed by atoms with E-state index in [-0.39, 0.29) is 23.0 Å². The Bertz CT molecular complexity index is 1060. The van der Waals surface area contributed by atoms with Crippen molar-refractivity contribution < 1.29 is 22.3 Å². The summed E-state index contributed by atoms with van der Waals surface area (Å²) in [5, 5.41) is 19.1. The van der Waals surface area contributed by atoms with Gasteiger partial charge in [-0.25, -0.2) is 17.2 Å². The van der Waals surface area contributed by atoms with Crippen molar-refractivity contribution in [2.45, 2.75) is 43.2 Å². The minimum Gasteiger partial charge on any atom is -0.396 e. The molecular formula is C21H21ClF2N2O3S. The van der Waals surface area contributed by atoms with Crippen molar-refractivity contribution in [3.63, 3.8) is 0 Å². The van der Waals surface area contributed by atoms with Gasteiger partial charge in [0.15, 0.2) is 0 Å². The van der Waals surface area contributed by atoms with E-state index in [2.05, 4.69) is 0 Å². The monoisotopic (exact) mass is 454 g/mol. The van der Waals surface area contributed by atoms with E-state index in [1.807, 2.05) is 0 Å². The van der Waals surface area contributed by atoms with Crippen LogP contribution in [0.5, 0.6) is 0 Å². The molecule has 2 aromatic rings. The molecule has 1 N–H and O–H groups in total. The summed E-state index contributed by atoms with van der Waals surface area (Å²) < 4.78 is 56.7. The first-order valence-corrected chi connectivity index (χ1v) is 11.4. The summed E-state index contributed by atoms with van der Waals surface area (Å²) in [5.74, 6) is -2.09. The fourth-order valence-corrected chi connectivity index (χ4v) is 5.69. The van der Waals surface area contributed by atoms with Gasteiger partial charge < -0.3 is 5.11 Å². The van der Waals surface area contributed by atoms with Crippen molar-refractivity contribution in [2.75, 3.05) is 6.61 Å². The molecule has 0 amide bonds. The molecule has 9 heteroatoms. The molecule has 3 rings (SSSR count). The van der Waals surface area contributed by atoms with Crippen LogP contribution in [0.15, 0.2) is 41.3 Å². The first kappa shape index (κ1) is 22.6. The molecule has 2 atom stereocenters. The molecule has 5 nitrogen and oxygen atoms in total. The lowest BCUT2D eigenvalue weighted by Gasteiger charge is -2.38. The van der Waals surface area contributed by atoms with Gasteiger partial charge in [-0.05, 0) is 55.2 Å². The third kappa shape index (κ3) is 4.65. The Morgan fingerprint density at radius 3 is 2.43 bits per heavy atom. The van der Waals surface area contributed by atoms with Crippen molar-refractivity contribution in [3.8, 4) is 6.07 Å². The lowest BCUT2D eigenvalue weighted by molar-refractivity contribution is 0.109. The minimum atomic E-state index is -4.09.